The zero-order chi connectivity index (χ0) is 38.6. The number of hydrogen-bond donors (Lipinski definition) is 0. The molecular weight excluding hydrogens is 677 g/mol. The Morgan fingerprint density at radius 1 is 0.577 bits per heavy atom. The Morgan fingerprint density at radius 2 is 0.981 bits per heavy atom. The van der Waals surface area contributed by atoms with Crippen LogP contribution in [0.5, 0.6) is 0 Å². The molecule has 52 heavy (non-hydrogen) atoms. The largest absolute Gasteiger partial charge is 0.756 e. The molecular formula is C42H82NO8P. The van der Waals surface area contributed by atoms with E-state index in [1.54, 1.807) is 0 Å². The number of esters is 2. The molecule has 2 atom stereocenters. The first-order valence-corrected chi connectivity index (χ1v) is 22.9. The van der Waals surface area contributed by atoms with Crippen molar-refractivity contribution in [2.24, 2.45) is 0 Å². The van der Waals surface area contributed by atoms with Crippen molar-refractivity contribution in [2.75, 3.05) is 47.5 Å². The van der Waals surface area contributed by atoms with Crippen molar-refractivity contribution in [3.05, 3.63) is 12.2 Å². The lowest BCUT2D eigenvalue weighted by Gasteiger charge is -2.28. The summed E-state index contributed by atoms with van der Waals surface area (Å²) in [4.78, 5) is 37.4. The van der Waals surface area contributed by atoms with E-state index in [2.05, 4.69) is 26.0 Å². The van der Waals surface area contributed by atoms with Crippen molar-refractivity contribution in [2.45, 2.75) is 200 Å². The fourth-order valence-electron chi connectivity index (χ4n) is 5.88. The minimum Gasteiger partial charge on any atom is -0.756 e. The SMILES string of the molecule is CCCCCCCCC/C=C\CCCCCCC(=O)OC[C@H](COP(=O)([O-])OCC[N+](C)(C)C)OC(=O)CCCCCCCCCCCCCCC. The summed E-state index contributed by atoms with van der Waals surface area (Å²) in [7, 11) is 1.17. The van der Waals surface area contributed by atoms with E-state index in [4.69, 9.17) is 18.5 Å². The third-order valence-electron chi connectivity index (χ3n) is 9.29. The van der Waals surface area contributed by atoms with Gasteiger partial charge in [-0.25, -0.2) is 0 Å². The minimum atomic E-state index is -4.62. The lowest BCUT2D eigenvalue weighted by Crippen LogP contribution is -2.37. The molecule has 9 nitrogen and oxygen atoms in total. The highest BCUT2D eigenvalue weighted by molar-refractivity contribution is 7.45. The predicted octanol–water partition coefficient (Wildman–Crippen LogP) is 11.2. The van der Waals surface area contributed by atoms with Gasteiger partial charge in [-0.15, -0.1) is 0 Å². The van der Waals surface area contributed by atoms with Gasteiger partial charge in [0.25, 0.3) is 7.82 Å². The van der Waals surface area contributed by atoms with Gasteiger partial charge >= 0.3 is 11.9 Å². The summed E-state index contributed by atoms with van der Waals surface area (Å²) < 4.78 is 33.8. The van der Waals surface area contributed by atoms with E-state index in [0.29, 0.717) is 17.4 Å². The van der Waals surface area contributed by atoms with E-state index in [1.807, 2.05) is 21.1 Å². The summed E-state index contributed by atoms with van der Waals surface area (Å²) in [5.74, 6) is -0.840. The first kappa shape index (κ1) is 50.8. The number of hydrogen-bond acceptors (Lipinski definition) is 8. The number of likely N-dealkylation sites (N-methyl/N-ethyl adjacent to an activating group) is 1. The van der Waals surface area contributed by atoms with E-state index < -0.39 is 32.5 Å². The molecule has 0 spiro atoms. The van der Waals surface area contributed by atoms with Crippen molar-refractivity contribution >= 4 is 19.8 Å². The molecule has 0 radical (unpaired) electrons. The van der Waals surface area contributed by atoms with Gasteiger partial charge in [-0.2, -0.15) is 0 Å². The average Bonchev–Trinajstić information content (AvgIpc) is 3.09. The number of rotatable bonds is 39. The van der Waals surface area contributed by atoms with E-state index >= 15 is 0 Å². The van der Waals surface area contributed by atoms with Gasteiger partial charge in [0.2, 0.25) is 0 Å². The van der Waals surface area contributed by atoms with Crippen LogP contribution >= 0.6 is 7.82 Å². The number of carbonyl (C=O) groups excluding carboxylic acids is 2. The molecule has 0 aliphatic rings. The molecule has 0 rings (SSSR count). The van der Waals surface area contributed by atoms with E-state index in [0.717, 1.165) is 51.4 Å². The van der Waals surface area contributed by atoms with E-state index in [1.165, 1.54) is 109 Å². The topological polar surface area (TPSA) is 111 Å². The molecule has 0 aliphatic carbocycles. The molecule has 0 amide bonds. The number of unbranched alkanes of at least 4 members (excludes halogenated alkanes) is 23. The summed E-state index contributed by atoms with van der Waals surface area (Å²) in [6.45, 7) is 4.22. The summed E-state index contributed by atoms with van der Waals surface area (Å²) in [5.41, 5.74) is 0. The van der Waals surface area contributed by atoms with Crippen LogP contribution in [-0.4, -0.2) is 70.0 Å². The fraction of sp³-hybridized carbons (Fsp3) is 0.905. The number of quaternary nitrogens is 1. The predicted molar refractivity (Wildman–Crippen MR) is 213 cm³/mol. The van der Waals surface area contributed by atoms with Gasteiger partial charge in [-0.05, 0) is 38.5 Å². The molecule has 308 valence electrons. The van der Waals surface area contributed by atoms with Crippen LogP contribution < -0.4 is 4.89 Å². The molecule has 0 N–H and O–H groups in total. The Bertz CT molecular complexity index is 907. The molecule has 0 bridgehead atoms. The summed E-state index contributed by atoms with van der Waals surface area (Å²) >= 11 is 0. The third-order valence-corrected chi connectivity index (χ3v) is 10.2. The number of carbonyl (C=O) groups is 2. The van der Waals surface area contributed by atoms with Crippen molar-refractivity contribution in [3.8, 4) is 0 Å². The molecule has 0 heterocycles. The Kier molecular flexibility index (Phi) is 34.6. The van der Waals surface area contributed by atoms with Gasteiger partial charge < -0.3 is 27.9 Å². The lowest BCUT2D eigenvalue weighted by molar-refractivity contribution is -0.870. The maximum atomic E-state index is 12.6. The number of phosphoric acid groups is 1. The van der Waals surface area contributed by atoms with Gasteiger partial charge in [-0.3, -0.25) is 14.2 Å². The normalized spacial score (nSPS) is 13.7. The number of ether oxygens (including phenoxy) is 2. The van der Waals surface area contributed by atoms with Crippen molar-refractivity contribution < 1.29 is 42.1 Å². The van der Waals surface area contributed by atoms with Gasteiger partial charge in [0, 0.05) is 12.8 Å². The first-order chi connectivity index (χ1) is 25.0. The highest BCUT2D eigenvalue weighted by Gasteiger charge is 2.21. The Morgan fingerprint density at radius 3 is 1.42 bits per heavy atom. The molecule has 0 aromatic rings. The molecule has 0 aliphatic heterocycles. The third kappa shape index (κ3) is 38.5. The van der Waals surface area contributed by atoms with Crippen LogP contribution in [0.2, 0.25) is 0 Å². The number of allylic oxidation sites excluding steroid dienone is 2. The van der Waals surface area contributed by atoms with Gasteiger partial charge in [0.1, 0.15) is 19.8 Å². The maximum absolute atomic E-state index is 12.6. The van der Waals surface area contributed by atoms with Crippen LogP contribution in [0.25, 0.3) is 0 Å². The molecule has 1 unspecified atom stereocenters. The molecule has 0 saturated heterocycles. The lowest BCUT2D eigenvalue weighted by atomic mass is 10.0. The zero-order valence-electron chi connectivity index (χ0n) is 34.5. The average molecular weight is 760 g/mol. The van der Waals surface area contributed by atoms with Crippen LogP contribution in [0, 0.1) is 0 Å². The Balaban J connectivity index is 4.37. The van der Waals surface area contributed by atoms with Gasteiger partial charge in [0.15, 0.2) is 6.10 Å². The standard InChI is InChI=1S/C42H82NO8P/c1-6-8-10-12-14-16-18-20-21-23-24-26-28-30-32-34-41(44)48-38-40(39-50-52(46,47)49-37-36-43(3,4)5)51-42(45)35-33-31-29-27-25-22-19-17-15-13-11-9-7-2/h21,23,40H,6-20,22,24-39H2,1-5H3/b23-21-/t40-/m1/s1. The highest BCUT2D eigenvalue weighted by Crippen LogP contribution is 2.38. The van der Waals surface area contributed by atoms with Crippen LogP contribution in [0.1, 0.15) is 194 Å². The maximum Gasteiger partial charge on any atom is 0.306 e. The number of nitrogens with zero attached hydrogens (tertiary/aromatic N) is 1. The summed E-state index contributed by atoms with van der Waals surface area (Å²) in [6, 6.07) is 0. The molecule has 0 fully saturated rings. The van der Waals surface area contributed by atoms with E-state index in [-0.39, 0.29) is 26.1 Å². The van der Waals surface area contributed by atoms with Crippen molar-refractivity contribution in [3.63, 3.8) is 0 Å². The van der Waals surface area contributed by atoms with E-state index in [9.17, 15) is 19.0 Å². The molecule has 0 aromatic carbocycles. The monoisotopic (exact) mass is 760 g/mol. The van der Waals surface area contributed by atoms with Crippen LogP contribution in [-0.2, 0) is 32.7 Å². The fourth-order valence-corrected chi connectivity index (χ4v) is 6.61. The summed E-state index contributed by atoms with van der Waals surface area (Å²) in [5, 5.41) is 0. The second-order valence-corrected chi connectivity index (χ2v) is 17.1. The quantitative estimate of drug-likeness (QED) is 0.0200. The smallest absolute Gasteiger partial charge is 0.306 e. The molecule has 0 saturated carbocycles. The molecule has 0 aromatic heterocycles. The minimum absolute atomic E-state index is 0.0295. The number of phosphoric ester groups is 1. The van der Waals surface area contributed by atoms with Crippen LogP contribution in [0.4, 0.5) is 0 Å². The van der Waals surface area contributed by atoms with Crippen LogP contribution in [0.15, 0.2) is 12.2 Å². The highest BCUT2D eigenvalue weighted by atomic mass is 31.2. The second kappa shape index (κ2) is 35.5. The Hall–Kier alpha value is -1.25. The summed E-state index contributed by atoms with van der Waals surface area (Å²) in [6.07, 6.45) is 35.2. The van der Waals surface area contributed by atoms with Crippen molar-refractivity contribution in [1.29, 1.82) is 0 Å². The molecule has 10 heteroatoms. The second-order valence-electron chi connectivity index (χ2n) is 15.7. The van der Waals surface area contributed by atoms with Gasteiger partial charge in [0.05, 0.1) is 27.7 Å². The first-order valence-electron chi connectivity index (χ1n) is 21.4. The zero-order valence-corrected chi connectivity index (χ0v) is 35.4. The van der Waals surface area contributed by atoms with Crippen molar-refractivity contribution in [1.82, 2.24) is 0 Å². The Labute approximate surface area is 320 Å². The van der Waals surface area contributed by atoms with Crippen LogP contribution in [0.3, 0.4) is 0 Å². The van der Waals surface area contributed by atoms with Gasteiger partial charge in [-0.1, -0.05) is 154 Å².